The molecular formula is C22H18Cl2N4O. The van der Waals surface area contributed by atoms with E-state index in [1.165, 1.54) is 0 Å². The summed E-state index contributed by atoms with van der Waals surface area (Å²) < 4.78 is 1.78. The summed E-state index contributed by atoms with van der Waals surface area (Å²) in [7, 11) is 0. The van der Waals surface area contributed by atoms with Crippen molar-refractivity contribution in [2.75, 3.05) is 0 Å². The molecule has 0 saturated heterocycles. The summed E-state index contributed by atoms with van der Waals surface area (Å²) in [5.41, 5.74) is 3.91. The second-order valence-corrected chi connectivity index (χ2v) is 7.50. The van der Waals surface area contributed by atoms with E-state index in [2.05, 4.69) is 15.4 Å². The molecule has 1 atom stereocenters. The lowest BCUT2D eigenvalue weighted by molar-refractivity contribution is 0.0940. The van der Waals surface area contributed by atoms with Crippen LogP contribution in [0.2, 0.25) is 10.0 Å². The highest BCUT2D eigenvalue weighted by atomic mass is 35.5. The largest absolute Gasteiger partial charge is 0.366 e. The van der Waals surface area contributed by atoms with E-state index in [0.717, 1.165) is 22.4 Å². The third-order valence-corrected chi connectivity index (χ3v) is 5.24. The molecule has 0 radical (unpaired) electrons. The number of halogens is 2. The number of hydrogen-bond donors (Lipinski definition) is 2. The van der Waals surface area contributed by atoms with Crippen molar-refractivity contribution in [3.8, 4) is 16.8 Å². The van der Waals surface area contributed by atoms with Gasteiger partial charge in [-0.3, -0.25) is 4.79 Å². The third-order valence-electron chi connectivity index (χ3n) is 4.68. The van der Waals surface area contributed by atoms with Crippen LogP contribution in [0, 0.1) is 0 Å². The van der Waals surface area contributed by atoms with Crippen LogP contribution in [0.3, 0.4) is 0 Å². The molecule has 2 heterocycles. The van der Waals surface area contributed by atoms with E-state index < -0.39 is 0 Å². The molecule has 0 saturated carbocycles. The second-order valence-electron chi connectivity index (χ2n) is 6.65. The highest BCUT2D eigenvalue weighted by Gasteiger charge is 2.19. The molecule has 0 aliphatic rings. The number of H-pyrrole nitrogens is 1. The first-order valence-electron chi connectivity index (χ1n) is 9.06. The summed E-state index contributed by atoms with van der Waals surface area (Å²) in [5.74, 6) is -0.202. The Morgan fingerprint density at radius 1 is 1.14 bits per heavy atom. The molecule has 4 aromatic rings. The molecule has 2 N–H and O–H groups in total. The number of nitrogens with one attached hydrogen (secondary N) is 2. The van der Waals surface area contributed by atoms with Crippen LogP contribution in [0.25, 0.3) is 16.8 Å². The summed E-state index contributed by atoms with van der Waals surface area (Å²) in [6.07, 6.45) is 7.11. The number of hydrogen-bond acceptors (Lipinski definition) is 2. The molecule has 146 valence electrons. The van der Waals surface area contributed by atoms with Crippen LogP contribution in [0.5, 0.6) is 0 Å². The van der Waals surface area contributed by atoms with Crippen LogP contribution < -0.4 is 5.32 Å². The van der Waals surface area contributed by atoms with Crippen LogP contribution in [0.4, 0.5) is 0 Å². The van der Waals surface area contributed by atoms with Crippen molar-refractivity contribution in [2.24, 2.45) is 0 Å². The van der Waals surface area contributed by atoms with Gasteiger partial charge >= 0.3 is 0 Å². The van der Waals surface area contributed by atoms with Crippen molar-refractivity contribution in [1.82, 2.24) is 20.1 Å². The average Bonchev–Trinajstić information content (AvgIpc) is 3.38. The summed E-state index contributed by atoms with van der Waals surface area (Å²) in [6, 6.07) is 14.8. The third kappa shape index (κ3) is 4.06. The van der Waals surface area contributed by atoms with Gasteiger partial charge in [0.2, 0.25) is 0 Å². The Bertz CT molecular complexity index is 1150. The van der Waals surface area contributed by atoms with E-state index in [9.17, 15) is 4.79 Å². The van der Waals surface area contributed by atoms with E-state index in [-0.39, 0.29) is 11.9 Å². The van der Waals surface area contributed by atoms with Gasteiger partial charge in [0, 0.05) is 39.8 Å². The van der Waals surface area contributed by atoms with Gasteiger partial charge in [-0.25, -0.2) is 4.68 Å². The van der Waals surface area contributed by atoms with E-state index in [0.29, 0.717) is 15.6 Å². The number of benzene rings is 2. The molecule has 5 nitrogen and oxygen atoms in total. The lowest BCUT2D eigenvalue weighted by atomic mass is 10.1. The molecule has 4 rings (SSSR count). The number of aromatic nitrogens is 3. The number of amides is 1. The first kappa shape index (κ1) is 19.3. The smallest absolute Gasteiger partial charge is 0.253 e. The summed E-state index contributed by atoms with van der Waals surface area (Å²) in [5, 5.41) is 8.48. The summed E-state index contributed by atoms with van der Waals surface area (Å²) in [4.78, 5) is 15.9. The van der Waals surface area contributed by atoms with Crippen LogP contribution in [0.15, 0.2) is 73.3 Å². The molecular weight excluding hydrogens is 407 g/mol. The highest BCUT2D eigenvalue weighted by molar-refractivity contribution is 6.35. The van der Waals surface area contributed by atoms with E-state index in [1.54, 1.807) is 35.4 Å². The summed E-state index contributed by atoms with van der Waals surface area (Å²) in [6.45, 7) is 1.88. The molecule has 0 unspecified atom stereocenters. The first-order chi connectivity index (χ1) is 14.0. The molecule has 29 heavy (non-hydrogen) atoms. The van der Waals surface area contributed by atoms with Gasteiger partial charge in [-0.05, 0) is 36.8 Å². The standard InChI is InChI=1S/C22H18Cl2N4O/c1-14(18-8-7-16(23)9-21(18)24)27-22(29)20-12-25-11-19(20)15-10-26-28(13-15)17-5-3-2-4-6-17/h2-14,25H,1H3,(H,27,29)/t14-/m1/s1. The Morgan fingerprint density at radius 2 is 1.93 bits per heavy atom. The monoisotopic (exact) mass is 424 g/mol. The van der Waals surface area contributed by atoms with E-state index in [1.807, 2.05) is 49.5 Å². The van der Waals surface area contributed by atoms with Gasteiger partial charge in [0.15, 0.2) is 0 Å². The lowest BCUT2D eigenvalue weighted by Gasteiger charge is -2.16. The number of carbonyl (C=O) groups excluding carboxylic acids is 1. The molecule has 0 fully saturated rings. The van der Waals surface area contributed by atoms with Crippen LogP contribution >= 0.6 is 23.2 Å². The van der Waals surface area contributed by atoms with Crippen molar-refractivity contribution in [1.29, 1.82) is 0 Å². The number of carbonyl (C=O) groups is 1. The molecule has 7 heteroatoms. The molecule has 0 aliphatic heterocycles. The molecule has 2 aromatic heterocycles. The molecule has 0 spiro atoms. The van der Waals surface area contributed by atoms with Gasteiger partial charge in [-0.1, -0.05) is 47.5 Å². The van der Waals surface area contributed by atoms with Gasteiger partial charge in [0.05, 0.1) is 23.5 Å². The zero-order valence-electron chi connectivity index (χ0n) is 15.6. The molecule has 2 aromatic carbocycles. The second kappa shape index (κ2) is 8.15. The predicted octanol–water partition coefficient (Wildman–Crippen LogP) is 5.67. The maximum atomic E-state index is 12.9. The van der Waals surface area contributed by atoms with Crippen molar-refractivity contribution < 1.29 is 4.79 Å². The van der Waals surface area contributed by atoms with Gasteiger partial charge in [-0.15, -0.1) is 0 Å². The van der Waals surface area contributed by atoms with Crippen molar-refractivity contribution >= 4 is 29.1 Å². The van der Waals surface area contributed by atoms with Crippen LogP contribution in [-0.4, -0.2) is 20.7 Å². The minimum Gasteiger partial charge on any atom is -0.366 e. The Balaban J connectivity index is 1.56. The van der Waals surface area contributed by atoms with Gasteiger partial charge in [0.1, 0.15) is 0 Å². The SMILES string of the molecule is C[C@@H](NC(=O)c1c[nH]cc1-c1cnn(-c2ccccc2)c1)c1ccc(Cl)cc1Cl. The van der Waals surface area contributed by atoms with Crippen molar-refractivity contribution in [3.63, 3.8) is 0 Å². The van der Waals surface area contributed by atoms with Gasteiger partial charge < -0.3 is 10.3 Å². The minimum atomic E-state index is -0.276. The Labute approximate surface area is 178 Å². The number of nitrogens with zero attached hydrogens (tertiary/aromatic N) is 2. The Hall–Kier alpha value is -3.02. The number of para-hydroxylation sites is 1. The van der Waals surface area contributed by atoms with Crippen molar-refractivity contribution in [2.45, 2.75) is 13.0 Å². The van der Waals surface area contributed by atoms with E-state index >= 15 is 0 Å². The number of rotatable bonds is 5. The quantitative estimate of drug-likeness (QED) is 0.433. The maximum absolute atomic E-state index is 12.9. The van der Waals surface area contributed by atoms with Crippen LogP contribution in [-0.2, 0) is 0 Å². The average molecular weight is 425 g/mol. The molecule has 0 aliphatic carbocycles. The maximum Gasteiger partial charge on any atom is 0.253 e. The summed E-state index contributed by atoms with van der Waals surface area (Å²) >= 11 is 12.2. The lowest BCUT2D eigenvalue weighted by Crippen LogP contribution is -2.26. The Morgan fingerprint density at radius 3 is 2.69 bits per heavy atom. The van der Waals surface area contributed by atoms with Gasteiger partial charge in [0.25, 0.3) is 5.91 Å². The first-order valence-corrected chi connectivity index (χ1v) is 9.81. The highest BCUT2D eigenvalue weighted by Crippen LogP contribution is 2.28. The predicted molar refractivity (Wildman–Crippen MR) is 116 cm³/mol. The zero-order chi connectivity index (χ0) is 20.4. The number of aromatic amines is 1. The zero-order valence-corrected chi connectivity index (χ0v) is 17.1. The molecule has 1 amide bonds. The fourth-order valence-corrected chi connectivity index (χ4v) is 3.75. The fraction of sp³-hybridized carbons (Fsp3) is 0.0909. The Kier molecular flexibility index (Phi) is 5.43. The van der Waals surface area contributed by atoms with Crippen molar-refractivity contribution in [3.05, 3.63) is 94.5 Å². The minimum absolute atomic E-state index is 0.202. The van der Waals surface area contributed by atoms with E-state index in [4.69, 9.17) is 23.2 Å². The topological polar surface area (TPSA) is 62.7 Å². The van der Waals surface area contributed by atoms with Crippen LogP contribution in [0.1, 0.15) is 28.9 Å². The fourth-order valence-electron chi connectivity index (χ4n) is 3.18. The van der Waals surface area contributed by atoms with Gasteiger partial charge in [-0.2, -0.15) is 5.10 Å². The molecule has 0 bridgehead atoms. The normalized spacial score (nSPS) is 12.0.